The van der Waals surface area contributed by atoms with Gasteiger partial charge in [-0.05, 0) is 48.3 Å². The second-order valence-corrected chi connectivity index (χ2v) is 8.91. The van der Waals surface area contributed by atoms with Gasteiger partial charge in [0.25, 0.3) is 5.56 Å². The van der Waals surface area contributed by atoms with Crippen LogP contribution in [-0.4, -0.2) is 33.8 Å². The summed E-state index contributed by atoms with van der Waals surface area (Å²) in [5.41, 5.74) is 1.67. The molecule has 1 fully saturated rings. The summed E-state index contributed by atoms with van der Waals surface area (Å²) in [6.07, 6.45) is 2.99. The molecule has 3 amide bonds. The van der Waals surface area contributed by atoms with Crippen LogP contribution in [0.25, 0.3) is 15.9 Å². The van der Waals surface area contributed by atoms with Crippen molar-refractivity contribution < 1.29 is 9.59 Å². The minimum absolute atomic E-state index is 0.0226. The molecular weight excluding hydrogens is 420 g/mol. The van der Waals surface area contributed by atoms with Gasteiger partial charge in [0.05, 0.1) is 16.8 Å². The monoisotopic (exact) mass is 442 g/mol. The molecule has 4 rings (SSSR count). The van der Waals surface area contributed by atoms with Gasteiger partial charge in [0.15, 0.2) is 5.16 Å². The Morgan fingerprint density at radius 1 is 1.27 bits per heavy atom. The molecule has 2 heterocycles. The SMILES string of the molecule is CCCNC(=O)NC(=O)CSc1nc2scc(C3CC3)c2c(=O)n1-c1ccccc1. The van der Waals surface area contributed by atoms with Crippen LogP contribution < -0.4 is 16.2 Å². The molecule has 3 aromatic rings. The van der Waals surface area contributed by atoms with Crippen LogP contribution in [0.3, 0.4) is 0 Å². The number of carbonyl (C=O) groups excluding carboxylic acids is 2. The molecular formula is C21H22N4O3S2. The Hall–Kier alpha value is -2.65. The lowest BCUT2D eigenvalue weighted by atomic mass is 10.1. The minimum atomic E-state index is -0.515. The highest BCUT2D eigenvalue weighted by Gasteiger charge is 2.29. The maximum atomic E-state index is 13.5. The lowest BCUT2D eigenvalue weighted by molar-refractivity contribution is -0.117. The Morgan fingerprint density at radius 3 is 2.73 bits per heavy atom. The van der Waals surface area contributed by atoms with Crippen LogP contribution in [0, 0.1) is 0 Å². The van der Waals surface area contributed by atoms with E-state index < -0.39 is 11.9 Å². The largest absolute Gasteiger partial charge is 0.338 e. The van der Waals surface area contributed by atoms with Crippen molar-refractivity contribution >= 4 is 45.3 Å². The van der Waals surface area contributed by atoms with Crippen molar-refractivity contribution in [2.75, 3.05) is 12.3 Å². The van der Waals surface area contributed by atoms with Crippen LogP contribution in [0.4, 0.5) is 4.79 Å². The second-order valence-electron chi connectivity index (χ2n) is 7.11. The first-order valence-corrected chi connectivity index (χ1v) is 11.7. The summed E-state index contributed by atoms with van der Waals surface area (Å²) in [5, 5.41) is 8.05. The number of para-hydroxylation sites is 1. The molecule has 1 aliphatic carbocycles. The van der Waals surface area contributed by atoms with E-state index in [1.807, 2.05) is 42.6 Å². The van der Waals surface area contributed by atoms with Crippen LogP contribution in [0.5, 0.6) is 0 Å². The number of fused-ring (bicyclic) bond motifs is 1. The van der Waals surface area contributed by atoms with E-state index in [0.717, 1.165) is 36.6 Å². The average Bonchev–Trinajstić information content (AvgIpc) is 3.50. The molecule has 9 heteroatoms. The summed E-state index contributed by atoms with van der Waals surface area (Å²) >= 11 is 2.61. The number of urea groups is 1. The van der Waals surface area contributed by atoms with Crippen molar-refractivity contribution in [1.29, 1.82) is 0 Å². The number of nitrogens with zero attached hydrogens (tertiary/aromatic N) is 2. The van der Waals surface area contributed by atoms with E-state index >= 15 is 0 Å². The lowest BCUT2D eigenvalue weighted by Crippen LogP contribution is -2.40. The molecule has 0 saturated heterocycles. The van der Waals surface area contributed by atoms with Crippen molar-refractivity contribution in [3.63, 3.8) is 0 Å². The first-order chi connectivity index (χ1) is 14.6. The summed E-state index contributed by atoms with van der Waals surface area (Å²) in [6.45, 7) is 2.43. The molecule has 1 aliphatic rings. The fourth-order valence-corrected chi connectivity index (χ4v) is 5.04. The maximum Gasteiger partial charge on any atom is 0.321 e. The van der Waals surface area contributed by atoms with Gasteiger partial charge in [-0.2, -0.15) is 0 Å². The Morgan fingerprint density at radius 2 is 2.03 bits per heavy atom. The number of benzene rings is 1. The molecule has 0 spiro atoms. The van der Waals surface area contributed by atoms with Crippen LogP contribution in [-0.2, 0) is 4.79 Å². The number of rotatable bonds is 7. The average molecular weight is 443 g/mol. The zero-order valence-corrected chi connectivity index (χ0v) is 18.1. The van der Waals surface area contributed by atoms with Gasteiger partial charge in [0.2, 0.25) is 5.91 Å². The van der Waals surface area contributed by atoms with E-state index in [0.29, 0.717) is 33.5 Å². The number of nitrogens with one attached hydrogen (secondary N) is 2. The zero-order chi connectivity index (χ0) is 21.1. The number of aromatic nitrogens is 2. The van der Waals surface area contributed by atoms with E-state index in [1.165, 1.54) is 11.3 Å². The molecule has 1 aromatic carbocycles. The number of carbonyl (C=O) groups is 2. The summed E-state index contributed by atoms with van der Waals surface area (Å²) in [5.74, 6) is -0.0126. The number of hydrogen-bond acceptors (Lipinski definition) is 6. The normalized spacial score (nSPS) is 13.4. The summed E-state index contributed by atoms with van der Waals surface area (Å²) in [6, 6.07) is 8.79. The third-order valence-corrected chi connectivity index (χ3v) is 6.59. The number of thioether (sulfide) groups is 1. The van der Waals surface area contributed by atoms with Crippen LogP contribution in [0.2, 0.25) is 0 Å². The van der Waals surface area contributed by atoms with Crippen molar-refractivity contribution in [1.82, 2.24) is 20.2 Å². The predicted molar refractivity (Wildman–Crippen MR) is 120 cm³/mol. The summed E-state index contributed by atoms with van der Waals surface area (Å²) in [4.78, 5) is 42.7. The van der Waals surface area contributed by atoms with E-state index in [1.54, 1.807) is 4.57 Å². The molecule has 2 N–H and O–H groups in total. The van der Waals surface area contributed by atoms with E-state index in [2.05, 4.69) is 10.6 Å². The Labute approximate surface area is 181 Å². The zero-order valence-electron chi connectivity index (χ0n) is 16.5. The van der Waals surface area contributed by atoms with Gasteiger partial charge in [-0.15, -0.1) is 11.3 Å². The first kappa shape index (κ1) is 20.6. The highest BCUT2D eigenvalue weighted by atomic mass is 32.2. The lowest BCUT2D eigenvalue weighted by Gasteiger charge is -2.12. The van der Waals surface area contributed by atoms with Gasteiger partial charge in [0, 0.05) is 6.54 Å². The molecule has 156 valence electrons. The number of thiophene rings is 1. The number of hydrogen-bond donors (Lipinski definition) is 2. The van der Waals surface area contributed by atoms with Gasteiger partial charge >= 0.3 is 6.03 Å². The molecule has 0 atom stereocenters. The van der Waals surface area contributed by atoms with Gasteiger partial charge in [0.1, 0.15) is 4.83 Å². The Bertz CT molecular complexity index is 1140. The summed E-state index contributed by atoms with van der Waals surface area (Å²) < 4.78 is 1.57. The molecule has 2 aromatic heterocycles. The van der Waals surface area contributed by atoms with Crippen molar-refractivity contribution in [2.45, 2.75) is 37.3 Å². The molecule has 0 radical (unpaired) electrons. The van der Waals surface area contributed by atoms with E-state index in [4.69, 9.17) is 4.98 Å². The molecule has 30 heavy (non-hydrogen) atoms. The molecule has 1 saturated carbocycles. The van der Waals surface area contributed by atoms with Gasteiger partial charge in [-0.3, -0.25) is 19.5 Å². The molecule has 0 bridgehead atoms. The minimum Gasteiger partial charge on any atom is -0.338 e. The fourth-order valence-electron chi connectivity index (χ4n) is 3.17. The first-order valence-electron chi connectivity index (χ1n) is 9.88. The Balaban J connectivity index is 1.64. The topological polar surface area (TPSA) is 93.1 Å². The van der Waals surface area contributed by atoms with Crippen molar-refractivity contribution in [2.24, 2.45) is 0 Å². The maximum absolute atomic E-state index is 13.5. The number of amides is 3. The third-order valence-electron chi connectivity index (χ3n) is 4.76. The summed E-state index contributed by atoms with van der Waals surface area (Å²) in [7, 11) is 0. The smallest absolute Gasteiger partial charge is 0.321 e. The van der Waals surface area contributed by atoms with Crippen molar-refractivity contribution in [3.05, 3.63) is 51.6 Å². The quantitative estimate of drug-likeness (QED) is 0.430. The van der Waals surface area contributed by atoms with E-state index in [9.17, 15) is 14.4 Å². The molecule has 0 unspecified atom stereocenters. The van der Waals surface area contributed by atoms with Gasteiger partial charge < -0.3 is 5.32 Å². The molecule has 7 nitrogen and oxygen atoms in total. The van der Waals surface area contributed by atoms with Gasteiger partial charge in [-0.1, -0.05) is 36.9 Å². The Kier molecular flexibility index (Phi) is 6.19. The van der Waals surface area contributed by atoms with Crippen LogP contribution in [0.15, 0.2) is 45.7 Å². The highest BCUT2D eigenvalue weighted by Crippen LogP contribution is 2.44. The predicted octanol–water partition coefficient (Wildman–Crippen LogP) is 3.65. The van der Waals surface area contributed by atoms with Gasteiger partial charge in [-0.25, -0.2) is 9.78 Å². The second kappa shape index (κ2) is 9.01. The number of imide groups is 1. The third kappa shape index (κ3) is 4.41. The van der Waals surface area contributed by atoms with E-state index in [-0.39, 0.29) is 11.3 Å². The van der Waals surface area contributed by atoms with Crippen LogP contribution >= 0.6 is 23.1 Å². The fraction of sp³-hybridized carbons (Fsp3) is 0.333. The van der Waals surface area contributed by atoms with Crippen LogP contribution in [0.1, 0.15) is 37.7 Å². The standard InChI is InChI=1S/C21H22N4O3S2/c1-2-10-22-20(28)23-16(26)12-30-21-24-18-17(15(11-29-18)13-8-9-13)19(27)25(21)14-6-4-3-5-7-14/h3-7,11,13H,2,8-10,12H2,1H3,(H2,22,23,26,28). The van der Waals surface area contributed by atoms with Crippen molar-refractivity contribution in [3.8, 4) is 5.69 Å². The highest BCUT2D eigenvalue weighted by molar-refractivity contribution is 7.99. The molecule has 0 aliphatic heterocycles.